The Balaban J connectivity index is 1.78. The molecule has 0 atom stereocenters. The summed E-state index contributed by atoms with van der Waals surface area (Å²) in [5.41, 5.74) is 3.83. The maximum Gasteiger partial charge on any atom is 0.119 e. The number of benzene rings is 2. The lowest BCUT2D eigenvalue weighted by molar-refractivity contribution is 0.233. The van der Waals surface area contributed by atoms with Crippen molar-refractivity contribution in [2.45, 2.75) is 6.54 Å². The molecular formula is C18H22N2O. The number of piperazine rings is 1. The van der Waals surface area contributed by atoms with Crippen molar-refractivity contribution in [2.24, 2.45) is 0 Å². The molecule has 110 valence electrons. The van der Waals surface area contributed by atoms with E-state index >= 15 is 0 Å². The Hall–Kier alpha value is -1.84. The van der Waals surface area contributed by atoms with Crippen LogP contribution < -0.4 is 10.1 Å². The third-order valence-corrected chi connectivity index (χ3v) is 3.95. The Morgan fingerprint density at radius 1 is 1.00 bits per heavy atom. The molecule has 1 fully saturated rings. The second-order valence-electron chi connectivity index (χ2n) is 5.46. The van der Waals surface area contributed by atoms with Crippen LogP contribution in [0.2, 0.25) is 0 Å². The van der Waals surface area contributed by atoms with Crippen molar-refractivity contribution in [2.75, 3.05) is 33.3 Å². The number of ether oxygens (including phenoxy) is 1. The van der Waals surface area contributed by atoms with E-state index in [1.807, 2.05) is 12.1 Å². The van der Waals surface area contributed by atoms with Gasteiger partial charge in [-0.25, -0.2) is 0 Å². The quantitative estimate of drug-likeness (QED) is 0.933. The smallest absolute Gasteiger partial charge is 0.119 e. The number of hydrogen-bond acceptors (Lipinski definition) is 3. The average molecular weight is 282 g/mol. The molecule has 1 heterocycles. The van der Waals surface area contributed by atoms with Gasteiger partial charge < -0.3 is 10.1 Å². The Labute approximate surface area is 126 Å². The average Bonchev–Trinajstić information content (AvgIpc) is 2.56. The maximum atomic E-state index is 5.31. The number of nitrogens with one attached hydrogen (secondary N) is 1. The lowest BCUT2D eigenvalue weighted by Gasteiger charge is -2.27. The molecule has 0 radical (unpaired) electrons. The van der Waals surface area contributed by atoms with E-state index in [2.05, 4.69) is 46.6 Å². The molecule has 0 saturated carbocycles. The molecule has 0 bridgehead atoms. The molecule has 21 heavy (non-hydrogen) atoms. The van der Waals surface area contributed by atoms with E-state index in [-0.39, 0.29) is 0 Å². The summed E-state index contributed by atoms with van der Waals surface area (Å²) in [6.45, 7) is 5.47. The van der Waals surface area contributed by atoms with Crippen LogP contribution in [0.4, 0.5) is 0 Å². The zero-order chi connectivity index (χ0) is 14.5. The summed E-state index contributed by atoms with van der Waals surface area (Å²) in [5, 5.41) is 3.39. The Kier molecular flexibility index (Phi) is 4.53. The first-order valence-corrected chi connectivity index (χ1v) is 7.51. The second-order valence-corrected chi connectivity index (χ2v) is 5.46. The van der Waals surface area contributed by atoms with Crippen molar-refractivity contribution in [3.8, 4) is 16.9 Å². The van der Waals surface area contributed by atoms with Gasteiger partial charge in [-0.15, -0.1) is 0 Å². The molecule has 2 aromatic carbocycles. The fourth-order valence-corrected chi connectivity index (χ4v) is 2.78. The minimum Gasteiger partial charge on any atom is -0.497 e. The normalized spacial score (nSPS) is 15.9. The molecule has 1 N–H and O–H groups in total. The van der Waals surface area contributed by atoms with E-state index in [1.54, 1.807) is 7.11 Å². The van der Waals surface area contributed by atoms with E-state index in [1.165, 1.54) is 16.7 Å². The van der Waals surface area contributed by atoms with Gasteiger partial charge >= 0.3 is 0 Å². The molecule has 0 aromatic heterocycles. The first kappa shape index (κ1) is 14.1. The van der Waals surface area contributed by atoms with Crippen molar-refractivity contribution < 1.29 is 4.74 Å². The van der Waals surface area contributed by atoms with Crippen molar-refractivity contribution in [1.82, 2.24) is 10.2 Å². The molecule has 3 heteroatoms. The van der Waals surface area contributed by atoms with Crippen LogP contribution in [0.1, 0.15) is 5.56 Å². The monoisotopic (exact) mass is 282 g/mol. The minimum absolute atomic E-state index is 0.903. The molecule has 1 aliphatic rings. The van der Waals surface area contributed by atoms with E-state index in [4.69, 9.17) is 4.74 Å². The molecule has 1 aliphatic heterocycles. The number of hydrogen-bond donors (Lipinski definition) is 1. The predicted molar refractivity (Wildman–Crippen MR) is 86.6 cm³/mol. The fraction of sp³-hybridized carbons (Fsp3) is 0.333. The SMILES string of the molecule is COc1cccc(-c2cccc(CN3CCNCC3)c2)c1. The number of methoxy groups -OCH3 is 1. The summed E-state index contributed by atoms with van der Waals surface area (Å²) in [7, 11) is 1.71. The van der Waals surface area contributed by atoms with Crippen LogP contribution in [0.25, 0.3) is 11.1 Å². The van der Waals surface area contributed by atoms with Crippen LogP contribution in [-0.4, -0.2) is 38.2 Å². The summed E-state index contributed by atoms with van der Waals surface area (Å²) in [6, 6.07) is 17.0. The molecule has 3 nitrogen and oxygen atoms in total. The largest absolute Gasteiger partial charge is 0.497 e. The van der Waals surface area contributed by atoms with Gasteiger partial charge in [-0.1, -0.05) is 30.3 Å². The third kappa shape index (κ3) is 3.63. The van der Waals surface area contributed by atoms with Gasteiger partial charge in [0.2, 0.25) is 0 Å². The van der Waals surface area contributed by atoms with E-state index in [0.29, 0.717) is 0 Å². The molecule has 0 amide bonds. The van der Waals surface area contributed by atoms with Crippen LogP contribution in [0.3, 0.4) is 0 Å². The minimum atomic E-state index is 0.903. The molecule has 3 rings (SSSR count). The lowest BCUT2D eigenvalue weighted by Crippen LogP contribution is -2.42. The Morgan fingerprint density at radius 2 is 1.71 bits per heavy atom. The van der Waals surface area contributed by atoms with Gasteiger partial charge in [-0.05, 0) is 34.9 Å². The predicted octanol–water partition coefficient (Wildman–Crippen LogP) is 2.77. The van der Waals surface area contributed by atoms with Gasteiger partial charge in [-0.3, -0.25) is 4.90 Å². The molecule has 0 aliphatic carbocycles. The van der Waals surface area contributed by atoms with Gasteiger partial charge in [0.1, 0.15) is 5.75 Å². The summed E-state index contributed by atoms with van der Waals surface area (Å²) in [4.78, 5) is 2.50. The fourth-order valence-electron chi connectivity index (χ4n) is 2.78. The molecule has 1 saturated heterocycles. The zero-order valence-electron chi connectivity index (χ0n) is 12.5. The van der Waals surface area contributed by atoms with Crippen LogP contribution in [0.5, 0.6) is 5.75 Å². The van der Waals surface area contributed by atoms with E-state index < -0.39 is 0 Å². The summed E-state index contributed by atoms with van der Waals surface area (Å²) in [6.07, 6.45) is 0. The van der Waals surface area contributed by atoms with Crippen LogP contribution in [0, 0.1) is 0 Å². The van der Waals surface area contributed by atoms with E-state index in [0.717, 1.165) is 38.5 Å². The number of rotatable bonds is 4. The topological polar surface area (TPSA) is 24.5 Å². The second kappa shape index (κ2) is 6.74. The summed E-state index contributed by atoms with van der Waals surface area (Å²) in [5.74, 6) is 0.903. The Bertz CT molecular complexity index is 591. The molecule has 0 unspecified atom stereocenters. The highest BCUT2D eigenvalue weighted by atomic mass is 16.5. The zero-order valence-corrected chi connectivity index (χ0v) is 12.5. The van der Waals surface area contributed by atoms with Crippen molar-refractivity contribution >= 4 is 0 Å². The highest BCUT2D eigenvalue weighted by Crippen LogP contribution is 2.24. The van der Waals surface area contributed by atoms with Crippen LogP contribution >= 0.6 is 0 Å². The third-order valence-electron chi connectivity index (χ3n) is 3.95. The van der Waals surface area contributed by atoms with Crippen molar-refractivity contribution in [1.29, 1.82) is 0 Å². The molecular weight excluding hydrogens is 260 g/mol. The lowest BCUT2D eigenvalue weighted by atomic mass is 10.0. The van der Waals surface area contributed by atoms with Gasteiger partial charge in [-0.2, -0.15) is 0 Å². The highest BCUT2D eigenvalue weighted by molar-refractivity contribution is 5.65. The van der Waals surface area contributed by atoms with Crippen molar-refractivity contribution in [3.05, 3.63) is 54.1 Å². The summed E-state index contributed by atoms with van der Waals surface area (Å²) < 4.78 is 5.31. The van der Waals surface area contributed by atoms with Gasteiger partial charge in [0.15, 0.2) is 0 Å². The first-order chi connectivity index (χ1) is 10.3. The van der Waals surface area contributed by atoms with Crippen LogP contribution in [0.15, 0.2) is 48.5 Å². The molecule has 2 aromatic rings. The van der Waals surface area contributed by atoms with Crippen LogP contribution in [-0.2, 0) is 6.54 Å². The van der Waals surface area contributed by atoms with Gasteiger partial charge in [0.05, 0.1) is 7.11 Å². The van der Waals surface area contributed by atoms with E-state index in [9.17, 15) is 0 Å². The highest BCUT2D eigenvalue weighted by Gasteiger charge is 2.10. The van der Waals surface area contributed by atoms with Gasteiger partial charge in [0.25, 0.3) is 0 Å². The first-order valence-electron chi connectivity index (χ1n) is 7.51. The number of nitrogens with zero attached hydrogens (tertiary/aromatic N) is 1. The summed E-state index contributed by atoms with van der Waals surface area (Å²) >= 11 is 0. The van der Waals surface area contributed by atoms with Gasteiger partial charge in [0, 0.05) is 32.7 Å². The molecule has 0 spiro atoms. The Morgan fingerprint density at radius 3 is 2.48 bits per heavy atom. The standard InChI is InChI=1S/C18H22N2O/c1-21-18-7-3-6-17(13-18)16-5-2-4-15(12-16)14-20-10-8-19-9-11-20/h2-7,12-13,19H,8-11,14H2,1H3. The maximum absolute atomic E-state index is 5.31. The van der Waals surface area contributed by atoms with Crippen molar-refractivity contribution in [3.63, 3.8) is 0 Å².